The molecule has 2 atom stereocenters. The van der Waals surface area contributed by atoms with Crippen LogP contribution in [0, 0.1) is 0 Å². The van der Waals surface area contributed by atoms with E-state index in [1.165, 1.54) is 64.2 Å². The van der Waals surface area contributed by atoms with Gasteiger partial charge in [-0.3, -0.25) is 0 Å². The van der Waals surface area contributed by atoms with Gasteiger partial charge in [0.1, 0.15) is 0 Å². The molecule has 0 aliphatic heterocycles. The lowest BCUT2D eigenvalue weighted by atomic mass is 9.93. The monoisotopic (exact) mass is 397 g/mol. The summed E-state index contributed by atoms with van der Waals surface area (Å²) in [6.45, 7) is 11.8. The molecular weight excluding hydrogens is 342 g/mol. The number of ether oxygens (including phenoxy) is 1. The Morgan fingerprint density at radius 2 is 1.41 bits per heavy atom. The molecule has 0 spiro atoms. The first-order valence-electron chi connectivity index (χ1n) is 11.0. The highest BCUT2D eigenvalue weighted by Gasteiger charge is 2.25. The summed E-state index contributed by atoms with van der Waals surface area (Å²) in [5.41, 5.74) is 0.151. The number of hydrogen-bond donors (Lipinski definition) is 2. The van der Waals surface area contributed by atoms with Crippen LogP contribution in [0.4, 0.5) is 0 Å². The number of unbranched alkanes of at least 4 members (excludes halogenated alkanes) is 8. The van der Waals surface area contributed by atoms with Crippen molar-refractivity contribution >= 4 is 0 Å². The number of hydrogen-bond acceptors (Lipinski definition) is 3. The molecule has 0 rings (SSSR count). The Morgan fingerprint density at radius 1 is 0.889 bits per heavy atom. The molecule has 0 aromatic carbocycles. The fraction of sp³-hybridized carbons (Fsp3) is 1.00. The Hall–Kier alpha value is -0.200. The first kappa shape index (κ1) is 31.5. The maximum absolute atomic E-state index is 8.96. The number of nitrogens with one attached hydrogen (secondary N) is 1. The molecule has 0 saturated carbocycles. The molecule has 0 saturated heterocycles. The van der Waals surface area contributed by atoms with E-state index in [2.05, 4.69) is 39.9 Å². The third-order valence-electron chi connectivity index (χ3n) is 5.12. The molecule has 0 aliphatic carbocycles. The fourth-order valence-electron chi connectivity index (χ4n) is 3.54. The zero-order chi connectivity index (χ0) is 19.0. The summed E-state index contributed by atoms with van der Waals surface area (Å²) >= 11 is 0. The molecule has 5 heteroatoms. The minimum Gasteiger partial charge on any atom is -0.412 e. The van der Waals surface area contributed by atoms with Crippen molar-refractivity contribution in [1.29, 1.82) is 0 Å². The van der Waals surface area contributed by atoms with Crippen LogP contribution in [-0.4, -0.2) is 47.0 Å². The Morgan fingerprint density at radius 3 is 1.89 bits per heavy atom. The first-order valence-corrected chi connectivity index (χ1v) is 11.0. The maximum Gasteiger partial charge on any atom is 0.0702 e. The van der Waals surface area contributed by atoms with Gasteiger partial charge in [-0.05, 0) is 33.6 Å². The summed E-state index contributed by atoms with van der Waals surface area (Å²) in [6.07, 6.45) is 16.1. The highest BCUT2D eigenvalue weighted by molar-refractivity contribution is 4.85. The van der Waals surface area contributed by atoms with E-state index in [-0.39, 0.29) is 32.1 Å². The van der Waals surface area contributed by atoms with E-state index in [1.807, 2.05) is 0 Å². The third-order valence-corrected chi connectivity index (χ3v) is 5.12. The molecule has 0 radical (unpaired) electrons. The number of aliphatic hydroxyl groups is 1. The molecular formula is C22H55NO4. The molecule has 0 aromatic heterocycles. The predicted octanol–water partition coefficient (Wildman–Crippen LogP) is 4.68. The van der Waals surface area contributed by atoms with Crippen molar-refractivity contribution < 1.29 is 23.6 Å². The second-order valence-corrected chi connectivity index (χ2v) is 8.30. The zero-order valence-electron chi connectivity index (χ0n) is 18.9. The van der Waals surface area contributed by atoms with Crippen molar-refractivity contribution in [2.24, 2.45) is 0 Å². The van der Waals surface area contributed by atoms with Gasteiger partial charge in [0.2, 0.25) is 0 Å². The Balaban J connectivity index is -0.000000480. The molecule has 172 valence electrons. The summed E-state index contributed by atoms with van der Waals surface area (Å²) < 4.78 is 5.74. The van der Waals surface area contributed by atoms with E-state index in [9.17, 15) is 0 Å². The average molecular weight is 398 g/mol. The van der Waals surface area contributed by atoms with Crippen molar-refractivity contribution in [2.75, 3.05) is 13.2 Å². The van der Waals surface area contributed by atoms with Gasteiger partial charge in [0.15, 0.2) is 0 Å². The van der Waals surface area contributed by atoms with Gasteiger partial charge in [0, 0.05) is 14.4 Å². The van der Waals surface area contributed by atoms with Crippen LogP contribution in [0.2, 0.25) is 0 Å². The Labute approximate surface area is 172 Å². The molecule has 0 heterocycles. The Bertz CT molecular complexity index is 298. The quantitative estimate of drug-likeness (QED) is 0.328. The van der Waals surface area contributed by atoms with Crippen molar-refractivity contribution in [3.8, 4) is 0 Å². The minimum atomic E-state index is 0. The number of aliphatic hydroxyl groups excluding tert-OH is 1. The maximum atomic E-state index is 8.96. The van der Waals surface area contributed by atoms with E-state index < -0.39 is 0 Å². The van der Waals surface area contributed by atoms with Crippen LogP contribution in [0.15, 0.2) is 0 Å². The smallest absolute Gasteiger partial charge is 0.0702 e. The standard InChI is InChI=1S/C22H47NO2.2H2O.2H2/c1-6-8-9-10-11-12-13-14-15-17-22(4,5)23-21(16-7-2)20(3)25-19-18-24;;;;/h20-21,23-24H,6-19H2,1-5H3;2*1H2;2*1H/t20-,21?;;;;/m0..../s1. The fourth-order valence-corrected chi connectivity index (χ4v) is 3.54. The van der Waals surface area contributed by atoms with E-state index in [1.54, 1.807) is 0 Å². The summed E-state index contributed by atoms with van der Waals surface area (Å²) in [5.74, 6) is 0. The van der Waals surface area contributed by atoms with Gasteiger partial charge in [-0.1, -0.05) is 78.1 Å². The minimum absolute atomic E-state index is 0. The normalized spacial score (nSPS) is 13.6. The van der Waals surface area contributed by atoms with Crippen molar-refractivity contribution in [3.05, 3.63) is 0 Å². The lowest BCUT2D eigenvalue weighted by molar-refractivity contribution is 0.00901. The first-order chi connectivity index (χ1) is 12.0. The van der Waals surface area contributed by atoms with Gasteiger partial charge in [0.05, 0.1) is 19.3 Å². The second kappa shape index (κ2) is 20.5. The lowest BCUT2D eigenvalue weighted by Gasteiger charge is -2.35. The predicted molar refractivity (Wildman–Crippen MR) is 122 cm³/mol. The van der Waals surface area contributed by atoms with Crippen LogP contribution in [-0.2, 0) is 4.74 Å². The van der Waals surface area contributed by atoms with Crippen LogP contribution < -0.4 is 5.32 Å². The summed E-state index contributed by atoms with van der Waals surface area (Å²) in [6, 6.07) is 0.366. The lowest BCUT2D eigenvalue weighted by Crippen LogP contribution is -2.51. The van der Waals surface area contributed by atoms with Crippen LogP contribution in [0.3, 0.4) is 0 Å². The van der Waals surface area contributed by atoms with E-state index in [0.29, 0.717) is 12.6 Å². The zero-order valence-corrected chi connectivity index (χ0v) is 18.9. The summed E-state index contributed by atoms with van der Waals surface area (Å²) in [5, 5.41) is 12.8. The van der Waals surface area contributed by atoms with Crippen LogP contribution in [0.5, 0.6) is 0 Å². The van der Waals surface area contributed by atoms with Gasteiger partial charge in [-0.15, -0.1) is 0 Å². The Kier molecular flexibility index (Phi) is 23.9. The van der Waals surface area contributed by atoms with Gasteiger partial charge < -0.3 is 26.1 Å². The molecule has 27 heavy (non-hydrogen) atoms. The molecule has 5 nitrogen and oxygen atoms in total. The SMILES string of the molecule is CCCCCCCCCCCC(C)(C)NC(CCC)[C@H](C)OCCO.O.O.[HH].[HH]. The van der Waals surface area contributed by atoms with Crippen molar-refractivity contribution in [3.63, 3.8) is 0 Å². The van der Waals surface area contributed by atoms with E-state index in [0.717, 1.165) is 12.8 Å². The molecule has 0 fully saturated rings. The summed E-state index contributed by atoms with van der Waals surface area (Å²) in [4.78, 5) is 0. The van der Waals surface area contributed by atoms with Gasteiger partial charge >= 0.3 is 0 Å². The van der Waals surface area contributed by atoms with Gasteiger partial charge in [-0.25, -0.2) is 0 Å². The van der Waals surface area contributed by atoms with Crippen molar-refractivity contribution in [2.45, 2.75) is 129 Å². The molecule has 1 unspecified atom stereocenters. The number of rotatable bonds is 18. The van der Waals surface area contributed by atoms with Gasteiger partial charge in [0.25, 0.3) is 0 Å². The molecule has 0 aromatic rings. The third kappa shape index (κ3) is 18.9. The topological polar surface area (TPSA) is 104 Å². The largest absolute Gasteiger partial charge is 0.412 e. The van der Waals surface area contributed by atoms with Gasteiger partial charge in [-0.2, -0.15) is 0 Å². The molecule has 6 N–H and O–H groups in total. The molecule has 0 aliphatic rings. The molecule has 0 amide bonds. The van der Waals surface area contributed by atoms with E-state index in [4.69, 9.17) is 9.84 Å². The average Bonchev–Trinajstić information content (AvgIpc) is 2.57. The van der Waals surface area contributed by atoms with Crippen LogP contribution >= 0.6 is 0 Å². The molecule has 0 bridgehead atoms. The summed E-state index contributed by atoms with van der Waals surface area (Å²) in [7, 11) is 0. The van der Waals surface area contributed by atoms with Crippen molar-refractivity contribution in [1.82, 2.24) is 5.32 Å². The second-order valence-electron chi connectivity index (χ2n) is 8.30. The van der Waals surface area contributed by atoms with Crippen LogP contribution in [0.1, 0.15) is 115 Å². The van der Waals surface area contributed by atoms with Crippen LogP contribution in [0.25, 0.3) is 0 Å². The highest BCUT2D eigenvalue weighted by Crippen LogP contribution is 2.19. The van der Waals surface area contributed by atoms with E-state index >= 15 is 0 Å². The highest BCUT2D eigenvalue weighted by atomic mass is 16.5.